The van der Waals surface area contributed by atoms with Gasteiger partial charge in [0.15, 0.2) is 15.6 Å². The summed E-state index contributed by atoms with van der Waals surface area (Å²) in [7, 11) is -2.85. The van der Waals surface area contributed by atoms with Crippen LogP contribution in [0.25, 0.3) is 0 Å². The normalized spacial score (nSPS) is 22.1. The number of nitrogens with zero attached hydrogens (tertiary/aromatic N) is 3. The molecule has 0 spiro atoms. The Bertz CT molecular complexity index is 1020. The SMILES string of the molecule is Cc1cc(C(=O)CN2CCN([C@@H]3CCS(=O)(=O)C3)CC2)c(C)n1CCc1ccccc1. The summed E-state index contributed by atoms with van der Waals surface area (Å²) in [5, 5.41) is 0. The molecule has 7 heteroatoms. The fourth-order valence-electron chi connectivity index (χ4n) is 4.95. The molecule has 0 saturated carbocycles. The van der Waals surface area contributed by atoms with Crippen LogP contribution in [0.5, 0.6) is 0 Å². The molecule has 4 rings (SSSR count). The van der Waals surface area contributed by atoms with E-state index in [0.717, 1.165) is 62.5 Å². The maximum Gasteiger partial charge on any atom is 0.178 e. The minimum atomic E-state index is -2.85. The number of hydrogen-bond donors (Lipinski definition) is 0. The third kappa shape index (κ3) is 5.27. The van der Waals surface area contributed by atoms with Crippen molar-refractivity contribution in [3.05, 3.63) is 58.9 Å². The zero-order chi connectivity index (χ0) is 22.0. The molecule has 2 aliphatic heterocycles. The number of hydrogen-bond acceptors (Lipinski definition) is 5. The highest BCUT2D eigenvalue weighted by Gasteiger charge is 2.34. The Kier molecular flexibility index (Phi) is 6.65. The number of rotatable bonds is 7. The van der Waals surface area contributed by atoms with Crippen LogP contribution in [0.15, 0.2) is 36.4 Å². The predicted octanol–water partition coefficient (Wildman–Crippen LogP) is 2.34. The second-order valence-electron chi connectivity index (χ2n) is 8.96. The number of sulfone groups is 1. The van der Waals surface area contributed by atoms with Crippen molar-refractivity contribution in [2.24, 2.45) is 0 Å². The van der Waals surface area contributed by atoms with E-state index in [9.17, 15) is 13.2 Å². The Morgan fingerprint density at radius 3 is 2.42 bits per heavy atom. The van der Waals surface area contributed by atoms with Crippen molar-refractivity contribution >= 4 is 15.6 Å². The molecule has 1 atom stereocenters. The fraction of sp³-hybridized carbons (Fsp3) is 0.542. The quantitative estimate of drug-likeness (QED) is 0.615. The minimum absolute atomic E-state index is 0.159. The summed E-state index contributed by atoms with van der Waals surface area (Å²) in [6, 6.07) is 12.6. The summed E-state index contributed by atoms with van der Waals surface area (Å²) >= 11 is 0. The van der Waals surface area contributed by atoms with Gasteiger partial charge in [-0.15, -0.1) is 0 Å². The molecule has 2 aliphatic rings. The molecule has 2 fully saturated rings. The van der Waals surface area contributed by atoms with E-state index in [-0.39, 0.29) is 11.8 Å². The van der Waals surface area contributed by atoms with Crippen molar-refractivity contribution in [3.63, 3.8) is 0 Å². The first kappa shape index (κ1) is 22.2. The Balaban J connectivity index is 1.32. The number of aryl methyl sites for hydroxylation is 2. The first-order chi connectivity index (χ1) is 14.8. The van der Waals surface area contributed by atoms with Crippen molar-refractivity contribution < 1.29 is 13.2 Å². The number of aromatic nitrogens is 1. The average Bonchev–Trinajstić information content (AvgIpc) is 3.26. The largest absolute Gasteiger partial charge is 0.348 e. The summed E-state index contributed by atoms with van der Waals surface area (Å²) < 4.78 is 25.8. The molecule has 6 nitrogen and oxygen atoms in total. The molecule has 31 heavy (non-hydrogen) atoms. The lowest BCUT2D eigenvalue weighted by molar-refractivity contribution is 0.0795. The van der Waals surface area contributed by atoms with E-state index in [1.165, 1.54) is 5.56 Å². The van der Waals surface area contributed by atoms with Crippen LogP contribution >= 0.6 is 0 Å². The van der Waals surface area contributed by atoms with Crippen molar-refractivity contribution in [1.82, 2.24) is 14.4 Å². The van der Waals surface area contributed by atoms with Crippen molar-refractivity contribution in [2.45, 2.75) is 39.3 Å². The molecule has 0 N–H and O–H groups in total. The third-order valence-electron chi connectivity index (χ3n) is 6.84. The Morgan fingerprint density at radius 1 is 1.06 bits per heavy atom. The van der Waals surface area contributed by atoms with Gasteiger partial charge < -0.3 is 4.57 Å². The summed E-state index contributed by atoms with van der Waals surface area (Å²) in [6.45, 7) is 8.72. The smallest absolute Gasteiger partial charge is 0.178 e. The fourth-order valence-corrected chi connectivity index (χ4v) is 6.71. The van der Waals surface area contributed by atoms with Crippen molar-refractivity contribution in [2.75, 3.05) is 44.2 Å². The number of carbonyl (C=O) groups is 1. The summed E-state index contributed by atoms with van der Waals surface area (Å²) in [5.74, 6) is 0.785. The van der Waals surface area contributed by atoms with Gasteiger partial charge in [0.1, 0.15) is 0 Å². The number of piperazine rings is 1. The highest BCUT2D eigenvalue weighted by molar-refractivity contribution is 7.91. The molecule has 0 aliphatic carbocycles. The highest BCUT2D eigenvalue weighted by atomic mass is 32.2. The lowest BCUT2D eigenvalue weighted by atomic mass is 10.1. The Hall–Kier alpha value is -1.96. The van der Waals surface area contributed by atoms with E-state index >= 15 is 0 Å². The van der Waals surface area contributed by atoms with E-state index in [1.54, 1.807) is 0 Å². The van der Waals surface area contributed by atoms with E-state index in [2.05, 4.69) is 45.6 Å². The molecule has 0 radical (unpaired) electrons. The first-order valence-electron chi connectivity index (χ1n) is 11.2. The molecule has 0 unspecified atom stereocenters. The molecular weight excluding hydrogens is 410 g/mol. The van der Waals surface area contributed by atoms with Crippen LogP contribution in [0, 0.1) is 13.8 Å². The van der Waals surface area contributed by atoms with Crippen LogP contribution in [0.4, 0.5) is 0 Å². The predicted molar refractivity (Wildman–Crippen MR) is 123 cm³/mol. The molecule has 2 aromatic rings. The number of benzene rings is 1. The second-order valence-corrected chi connectivity index (χ2v) is 11.2. The maximum atomic E-state index is 13.0. The maximum absolute atomic E-state index is 13.0. The zero-order valence-corrected chi connectivity index (χ0v) is 19.4. The molecule has 0 bridgehead atoms. The molecule has 0 amide bonds. The molecule has 1 aromatic carbocycles. The molecule has 3 heterocycles. The number of ketones is 1. The van der Waals surface area contributed by atoms with Crippen molar-refractivity contribution in [1.29, 1.82) is 0 Å². The van der Waals surface area contributed by atoms with Crippen LogP contribution in [-0.2, 0) is 22.8 Å². The lowest BCUT2D eigenvalue weighted by Gasteiger charge is -2.37. The topological polar surface area (TPSA) is 62.6 Å². The van der Waals surface area contributed by atoms with Gasteiger partial charge in [-0.3, -0.25) is 14.6 Å². The van der Waals surface area contributed by atoms with E-state index in [0.29, 0.717) is 18.1 Å². The van der Waals surface area contributed by atoms with Crippen LogP contribution in [-0.4, -0.2) is 78.8 Å². The van der Waals surface area contributed by atoms with Crippen LogP contribution < -0.4 is 0 Å². The molecular formula is C24H33N3O3S. The third-order valence-corrected chi connectivity index (χ3v) is 8.59. The van der Waals surface area contributed by atoms with Gasteiger partial charge >= 0.3 is 0 Å². The molecule has 168 valence electrons. The van der Waals surface area contributed by atoms with Gasteiger partial charge in [-0.1, -0.05) is 30.3 Å². The van der Waals surface area contributed by atoms with Gasteiger partial charge in [0.2, 0.25) is 0 Å². The van der Waals surface area contributed by atoms with Gasteiger partial charge in [-0.05, 0) is 38.3 Å². The van der Waals surface area contributed by atoms with Gasteiger partial charge in [-0.2, -0.15) is 0 Å². The highest BCUT2D eigenvalue weighted by Crippen LogP contribution is 2.21. The monoisotopic (exact) mass is 443 g/mol. The molecule has 2 saturated heterocycles. The van der Waals surface area contributed by atoms with Crippen LogP contribution in [0.2, 0.25) is 0 Å². The summed E-state index contributed by atoms with van der Waals surface area (Å²) in [5.41, 5.74) is 4.31. The Morgan fingerprint density at radius 2 is 1.77 bits per heavy atom. The number of Topliss-reactive ketones (excluding diaryl/α,β-unsaturated/α-hetero) is 1. The number of carbonyl (C=O) groups excluding carboxylic acids is 1. The van der Waals surface area contributed by atoms with Gasteiger partial charge in [0.05, 0.1) is 18.1 Å². The Labute approximate surface area is 185 Å². The summed E-state index contributed by atoms with van der Waals surface area (Å²) in [4.78, 5) is 17.5. The first-order valence-corrected chi connectivity index (χ1v) is 13.1. The van der Waals surface area contributed by atoms with Gasteiger partial charge in [-0.25, -0.2) is 8.42 Å². The van der Waals surface area contributed by atoms with Crippen molar-refractivity contribution in [3.8, 4) is 0 Å². The van der Waals surface area contributed by atoms with Crippen LogP contribution in [0.1, 0.15) is 33.7 Å². The standard InChI is InChI=1S/C24H33N3O3S/c1-19-16-23(20(2)27(19)10-8-21-6-4-3-5-7-21)24(28)17-25-11-13-26(14-12-25)22-9-15-31(29,30)18-22/h3-7,16,22H,8-15,17-18H2,1-2H3/t22-/m1/s1. The zero-order valence-electron chi connectivity index (χ0n) is 18.6. The van der Waals surface area contributed by atoms with Crippen LogP contribution in [0.3, 0.4) is 0 Å². The van der Waals surface area contributed by atoms with Gasteiger partial charge in [0, 0.05) is 55.7 Å². The van der Waals surface area contributed by atoms with E-state index in [4.69, 9.17) is 0 Å². The second kappa shape index (κ2) is 9.27. The average molecular weight is 444 g/mol. The minimum Gasteiger partial charge on any atom is -0.348 e. The van der Waals surface area contributed by atoms with E-state index < -0.39 is 9.84 Å². The summed E-state index contributed by atoms with van der Waals surface area (Å²) in [6.07, 6.45) is 1.69. The van der Waals surface area contributed by atoms with E-state index in [1.807, 2.05) is 19.1 Å². The lowest BCUT2D eigenvalue weighted by Crippen LogP contribution is -2.51. The molecule has 1 aromatic heterocycles. The van der Waals surface area contributed by atoms with Gasteiger partial charge in [0.25, 0.3) is 0 Å².